The molecule has 0 saturated heterocycles. The summed E-state index contributed by atoms with van der Waals surface area (Å²) in [5, 5.41) is 2.90. The summed E-state index contributed by atoms with van der Waals surface area (Å²) in [6, 6.07) is 22.5. The third kappa shape index (κ3) is 3.46. The number of para-hydroxylation sites is 1. The molecule has 0 radical (unpaired) electrons. The number of benzene rings is 3. The lowest BCUT2D eigenvalue weighted by Crippen LogP contribution is -2.11. The van der Waals surface area contributed by atoms with Crippen LogP contribution in [0.1, 0.15) is 16.2 Å². The Balaban J connectivity index is 1.62. The number of imidazole rings is 1. The van der Waals surface area contributed by atoms with E-state index in [0.29, 0.717) is 16.1 Å². The number of amides is 1. The molecule has 0 saturated carbocycles. The molecule has 0 spiro atoms. The standard InChI is InChI=1S/C22H19N3O2S/c1-15-23-20-14-17(10-13-21(20)25(15)18-6-4-3-5-7-18)24-22(26)16-8-11-19(12-9-16)28(2)27/h3-14H,1-2H3,(H,24,26). The molecular weight excluding hydrogens is 370 g/mol. The minimum Gasteiger partial charge on any atom is -0.322 e. The molecule has 6 heteroatoms. The van der Waals surface area contributed by atoms with Gasteiger partial charge in [-0.2, -0.15) is 0 Å². The maximum atomic E-state index is 12.5. The molecule has 28 heavy (non-hydrogen) atoms. The summed E-state index contributed by atoms with van der Waals surface area (Å²) in [6.07, 6.45) is 1.61. The fraction of sp³-hybridized carbons (Fsp3) is 0.0909. The van der Waals surface area contributed by atoms with Crippen molar-refractivity contribution in [3.63, 3.8) is 0 Å². The molecule has 0 aliphatic heterocycles. The first-order chi connectivity index (χ1) is 13.5. The average molecular weight is 389 g/mol. The summed E-state index contributed by atoms with van der Waals surface area (Å²) < 4.78 is 13.6. The largest absolute Gasteiger partial charge is 0.322 e. The summed E-state index contributed by atoms with van der Waals surface area (Å²) >= 11 is 0. The van der Waals surface area contributed by atoms with Crippen LogP contribution in [0.4, 0.5) is 5.69 Å². The van der Waals surface area contributed by atoms with Gasteiger partial charge in [0.1, 0.15) is 5.82 Å². The fourth-order valence-corrected chi connectivity index (χ4v) is 3.70. The highest BCUT2D eigenvalue weighted by molar-refractivity contribution is 7.84. The predicted molar refractivity (Wildman–Crippen MR) is 113 cm³/mol. The minimum atomic E-state index is -1.06. The smallest absolute Gasteiger partial charge is 0.255 e. The number of rotatable bonds is 4. The van der Waals surface area contributed by atoms with Crippen molar-refractivity contribution in [1.82, 2.24) is 9.55 Å². The summed E-state index contributed by atoms with van der Waals surface area (Å²) in [6.45, 7) is 1.96. The van der Waals surface area contributed by atoms with E-state index in [2.05, 4.69) is 14.9 Å². The normalized spacial score (nSPS) is 12.1. The molecular formula is C22H19N3O2S. The zero-order valence-electron chi connectivity index (χ0n) is 15.5. The van der Waals surface area contributed by atoms with E-state index in [9.17, 15) is 9.00 Å². The third-order valence-corrected chi connectivity index (χ3v) is 5.48. The molecule has 0 aliphatic rings. The second kappa shape index (κ2) is 7.40. The molecule has 1 amide bonds. The number of carbonyl (C=O) groups excluding carboxylic acids is 1. The number of aromatic nitrogens is 2. The van der Waals surface area contributed by atoms with Gasteiger partial charge in [0.15, 0.2) is 0 Å². The van der Waals surface area contributed by atoms with Gasteiger partial charge in [-0.1, -0.05) is 18.2 Å². The quantitative estimate of drug-likeness (QED) is 0.565. The van der Waals surface area contributed by atoms with E-state index < -0.39 is 10.8 Å². The molecule has 1 atom stereocenters. The topological polar surface area (TPSA) is 64.0 Å². The highest BCUT2D eigenvalue weighted by Gasteiger charge is 2.12. The average Bonchev–Trinajstić information content (AvgIpc) is 3.03. The number of hydrogen-bond donors (Lipinski definition) is 1. The number of aryl methyl sites for hydroxylation is 1. The van der Waals surface area contributed by atoms with Crippen LogP contribution in [0.25, 0.3) is 16.7 Å². The van der Waals surface area contributed by atoms with Crippen molar-refractivity contribution < 1.29 is 9.00 Å². The Hall–Kier alpha value is -3.25. The molecule has 4 aromatic rings. The van der Waals surface area contributed by atoms with E-state index >= 15 is 0 Å². The molecule has 1 heterocycles. The van der Waals surface area contributed by atoms with Gasteiger partial charge in [-0.05, 0) is 61.5 Å². The van der Waals surface area contributed by atoms with Crippen molar-refractivity contribution in [3.8, 4) is 5.69 Å². The molecule has 0 fully saturated rings. The van der Waals surface area contributed by atoms with Crippen molar-refractivity contribution in [2.45, 2.75) is 11.8 Å². The third-order valence-electron chi connectivity index (χ3n) is 4.54. The zero-order valence-corrected chi connectivity index (χ0v) is 16.4. The minimum absolute atomic E-state index is 0.216. The lowest BCUT2D eigenvalue weighted by atomic mass is 10.2. The van der Waals surface area contributed by atoms with E-state index in [1.807, 2.05) is 55.5 Å². The van der Waals surface area contributed by atoms with Crippen LogP contribution in [0.2, 0.25) is 0 Å². The number of nitrogens with zero attached hydrogens (tertiary/aromatic N) is 2. The van der Waals surface area contributed by atoms with Gasteiger partial charge in [0, 0.05) is 38.9 Å². The SMILES string of the molecule is Cc1nc2cc(NC(=O)c3ccc(S(C)=O)cc3)ccc2n1-c1ccccc1. The van der Waals surface area contributed by atoms with Gasteiger partial charge < -0.3 is 5.32 Å². The maximum Gasteiger partial charge on any atom is 0.255 e. The lowest BCUT2D eigenvalue weighted by molar-refractivity contribution is 0.102. The predicted octanol–water partition coefficient (Wildman–Crippen LogP) is 4.32. The Bertz CT molecular complexity index is 1180. The van der Waals surface area contributed by atoms with Crippen LogP contribution in [0.3, 0.4) is 0 Å². The van der Waals surface area contributed by atoms with Crippen molar-refractivity contribution in [1.29, 1.82) is 0 Å². The molecule has 1 N–H and O–H groups in total. The van der Waals surface area contributed by atoms with Crippen LogP contribution in [-0.2, 0) is 10.8 Å². The number of carbonyl (C=O) groups is 1. The number of hydrogen-bond acceptors (Lipinski definition) is 3. The summed E-state index contributed by atoms with van der Waals surface area (Å²) in [7, 11) is -1.06. The molecule has 1 unspecified atom stereocenters. The first-order valence-electron chi connectivity index (χ1n) is 8.82. The van der Waals surface area contributed by atoms with E-state index in [-0.39, 0.29) is 5.91 Å². The number of nitrogens with one attached hydrogen (secondary N) is 1. The highest BCUT2D eigenvalue weighted by atomic mass is 32.2. The Morgan fingerprint density at radius 1 is 1.00 bits per heavy atom. The monoisotopic (exact) mass is 389 g/mol. The first kappa shape index (κ1) is 18.1. The molecule has 1 aromatic heterocycles. The fourth-order valence-electron chi connectivity index (χ4n) is 3.18. The number of anilines is 1. The second-order valence-electron chi connectivity index (χ2n) is 6.47. The maximum absolute atomic E-state index is 12.5. The summed E-state index contributed by atoms with van der Waals surface area (Å²) in [4.78, 5) is 17.8. The summed E-state index contributed by atoms with van der Waals surface area (Å²) in [5.41, 5.74) is 4.04. The van der Waals surface area contributed by atoms with E-state index in [1.165, 1.54) is 0 Å². The Morgan fingerprint density at radius 3 is 2.39 bits per heavy atom. The van der Waals surface area contributed by atoms with Crippen molar-refractivity contribution in [2.24, 2.45) is 0 Å². The zero-order chi connectivity index (χ0) is 19.7. The van der Waals surface area contributed by atoms with Crippen LogP contribution in [0.5, 0.6) is 0 Å². The molecule has 3 aromatic carbocycles. The van der Waals surface area contributed by atoms with E-state index in [1.54, 1.807) is 30.5 Å². The van der Waals surface area contributed by atoms with Gasteiger partial charge in [0.25, 0.3) is 5.91 Å². The number of fused-ring (bicyclic) bond motifs is 1. The van der Waals surface area contributed by atoms with Crippen molar-refractivity contribution >= 4 is 33.4 Å². The van der Waals surface area contributed by atoms with Gasteiger partial charge in [0.2, 0.25) is 0 Å². The molecule has 0 bridgehead atoms. The molecule has 4 rings (SSSR count). The van der Waals surface area contributed by atoms with Gasteiger partial charge >= 0.3 is 0 Å². The van der Waals surface area contributed by atoms with Crippen LogP contribution >= 0.6 is 0 Å². The molecule has 140 valence electrons. The van der Waals surface area contributed by atoms with Crippen molar-refractivity contribution in [2.75, 3.05) is 11.6 Å². The van der Waals surface area contributed by atoms with Crippen molar-refractivity contribution in [3.05, 3.63) is 84.2 Å². The molecule has 5 nitrogen and oxygen atoms in total. The second-order valence-corrected chi connectivity index (χ2v) is 7.85. The first-order valence-corrected chi connectivity index (χ1v) is 10.4. The Morgan fingerprint density at radius 2 is 1.71 bits per heavy atom. The molecule has 0 aliphatic carbocycles. The van der Waals surface area contributed by atoms with Crippen LogP contribution < -0.4 is 5.32 Å². The van der Waals surface area contributed by atoms with E-state index in [4.69, 9.17) is 0 Å². The van der Waals surface area contributed by atoms with Gasteiger partial charge in [-0.25, -0.2) is 4.98 Å². The highest BCUT2D eigenvalue weighted by Crippen LogP contribution is 2.24. The van der Waals surface area contributed by atoms with Gasteiger partial charge in [0.05, 0.1) is 11.0 Å². The summed E-state index contributed by atoms with van der Waals surface area (Å²) in [5.74, 6) is 0.667. The lowest BCUT2D eigenvalue weighted by Gasteiger charge is -2.08. The van der Waals surface area contributed by atoms with Gasteiger partial charge in [-0.3, -0.25) is 13.6 Å². The Labute approximate surface area is 165 Å². The van der Waals surface area contributed by atoms with Crippen LogP contribution in [0, 0.1) is 6.92 Å². The Kier molecular flexibility index (Phi) is 4.79. The van der Waals surface area contributed by atoms with Crippen LogP contribution in [-0.4, -0.2) is 25.9 Å². The van der Waals surface area contributed by atoms with E-state index in [0.717, 1.165) is 22.5 Å². The van der Waals surface area contributed by atoms with Gasteiger partial charge in [-0.15, -0.1) is 0 Å². The van der Waals surface area contributed by atoms with Crippen LogP contribution in [0.15, 0.2) is 77.7 Å².